The van der Waals surface area contributed by atoms with Crippen molar-refractivity contribution in [3.8, 4) is 50.6 Å². The van der Waals surface area contributed by atoms with E-state index < -0.39 is 0 Å². The summed E-state index contributed by atoms with van der Waals surface area (Å²) in [4.78, 5) is 0. The summed E-state index contributed by atoms with van der Waals surface area (Å²) in [6.45, 7) is 6.75. The molecule has 0 saturated heterocycles. The Morgan fingerprint density at radius 2 is 0.510 bits per heavy atom. The SMILES string of the molecule is CCCCCCCCc1ccc(-c2c(O)c(-c3ccc(CCCCCCCC)cc3)c(O)c(-c3ccc(CCCCCCCC)cc3)c2O)cc1. The van der Waals surface area contributed by atoms with Crippen molar-refractivity contribution in [2.24, 2.45) is 0 Å². The quantitative estimate of drug-likeness (QED) is 0.0641. The number of aryl methyl sites for hydroxylation is 3. The minimum Gasteiger partial charge on any atom is -0.506 e. The van der Waals surface area contributed by atoms with Crippen molar-refractivity contribution in [2.75, 3.05) is 0 Å². The largest absolute Gasteiger partial charge is 0.506 e. The summed E-state index contributed by atoms with van der Waals surface area (Å²) in [5, 5.41) is 35.6. The van der Waals surface area contributed by atoms with Crippen LogP contribution >= 0.6 is 0 Å². The van der Waals surface area contributed by atoms with Crippen molar-refractivity contribution in [1.82, 2.24) is 0 Å². The Labute approximate surface area is 310 Å². The fraction of sp³-hybridized carbons (Fsp3) is 0.500. The second-order valence-electron chi connectivity index (χ2n) is 14.8. The summed E-state index contributed by atoms with van der Waals surface area (Å²) in [6, 6.07) is 24.7. The molecule has 0 amide bonds. The number of phenolic OH excluding ortho intramolecular Hbond substituents is 3. The molecule has 0 aliphatic heterocycles. The second-order valence-corrected chi connectivity index (χ2v) is 14.8. The summed E-state index contributed by atoms with van der Waals surface area (Å²) < 4.78 is 0. The van der Waals surface area contributed by atoms with E-state index in [-0.39, 0.29) is 17.2 Å². The Kier molecular flexibility index (Phi) is 17.5. The summed E-state index contributed by atoms with van der Waals surface area (Å²) in [6.07, 6.45) is 25.8. The molecule has 3 nitrogen and oxygen atoms in total. The van der Waals surface area contributed by atoms with E-state index in [9.17, 15) is 15.3 Å². The fourth-order valence-corrected chi connectivity index (χ4v) is 7.37. The summed E-state index contributed by atoms with van der Waals surface area (Å²) in [5.74, 6) is -0.289. The highest BCUT2D eigenvalue weighted by molar-refractivity contribution is 5.98. The lowest BCUT2D eigenvalue weighted by Crippen LogP contribution is -1.94. The van der Waals surface area contributed by atoms with Crippen molar-refractivity contribution >= 4 is 0 Å². The smallest absolute Gasteiger partial charge is 0.138 e. The van der Waals surface area contributed by atoms with Crippen LogP contribution in [0.1, 0.15) is 153 Å². The first-order valence-corrected chi connectivity index (χ1v) is 20.6. The van der Waals surface area contributed by atoms with Gasteiger partial charge < -0.3 is 15.3 Å². The molecule has 0 fully saturated rings. The highest BCUT2D eigenvalue weighted by Gasteiger charge is 2.26. The van der Waals surface area contributed by atoms with Crippen LogP contribution in [-0.2, 0) is 19.3 Å². The van der Waals surface area contributed by atoms with E-state index in [0.717, 1.165) is 55.2 Å². The number of hydrogen-bond donors (Lipinski definition) is 3. The minimum absolute atomic E-state index is 0.0965. The van der Waals surface area contributed by atoms with Gasteiger partial charge in [0.15, 0.2) is 0 Å². The Hall–Kier alpha value is -3.72. The highest BCUT2D eigenvalue weighted by atomic mass is 16.3. The lowest BCUT2D eigenvalue weighted by atomic mass is 9.88. The summed E-state index contributed by atoms with van der Waals surface area (Å²) in [7, 11) is 0. The van der Waals surface area contributed by atoms with Gasteiger partial charge in [-0.25, -0.2) is 0 Å². The van der Waals surface area contributed by atoms with E-state index in [0.29, 0.717) is 16.7 Å². The number of hydrogen-bond acceptors (Lipinski definition) is 3. The van der Waals surface area contributed by atoms with Gasteiger partial charge in [0.05, 0.1) is 16.7 Å². The molecule has 0 spiro atoms. The van der Waals surface area contributed by atoms with E-state index in [1.807, 2.05) is 36.4 Å². The van der Waals surface area contributed by atoms with Crippen LogP contribution in [0.5, 0.6) is 17.2 Å². The van der Waals surface area contributed by atoms with E-state index in [1.165, 1.54) is 113 Å². The predicted octanol–water partition coefficient (Wildman–Crippen LogP) is 14.5. The Balaban J connectivity index is 1.61. The Bertz CT molecular complexity index is 1340. The van der Waals surface area contributed by atoms with Gasteiger partial charge in [0.1, 0.15) is 17.2 Å². The van der Waals surface area contributed by atoms with Gasteiger partial charge in [-0.2, -0.15) is 0 Å². The maximum absolute atomic E-state index is 11.9. The van der Waals surface area contributed by atoms with Crippen molar-refractivity contribution in [1.29, 1.82) is 0 Å². The standard InChI is InChI=1S/C48H66O3/c1-4-7-10-13-16-19-22-37-25-31-40(32-26-37)43-46(49)44(41-33-27-38(28-34-41)23-20-17-14-11-8-5-2)48(51)45(47(43)50)42-35-29-39(30-36-42)24-21-18-15-12-9-6-3/h25-36,49-51H,4-24H2,1-3H3. The van der Waals surface area contributed by atoms with E-state index in [4.69, 9.17) is 0 Å². The average molecular weight is 691 g/mol. The molecule has 3 heteroatoms. The van der Waals surface area contributed by atoms with Crippen molar-refractivity contribution in [2.45, 2.75) is 156 Å². The molecule has 0 aliphatic rings. The van der Waals surface area contributed by atoms with Gasteiger partial charge in [-0.3, -0.25) is 0 Å². The van der Waals surface area contributed by atoms with Crippen LogP contribution in [-0.4, -0.2) is 15.3 Å². The molecule has 3 N–H and O–H groups in total. The second kappa shape index (κ2) is 22.3. The van der Waals surface area contributed by atoms with Crippen LogP contribution in [0.4, 0.5) is 0 Å². The molecule has 4 aromatic rings. The molecule has 0 unspecified atom stereocenters. The normalized spacial score (nSPS) is 11.4. The van der Waals surface area contributed by atoms with Gasteiger partial charge in [-0.05, 0) is 71.9 Å². The molecule has 0 aromatic heterocycles. The zero-order valence-corrected chi connectivity index (χ0v) is 32.1. The first kappa shape index (κ1) is 40.1. The van der Waals surface area contributed by atoms with E-state index in [2.05, 4.69) is 57.2 Å². The third-order valence-corrected chi connectivity index (χ3v) is 10.6. The lowest BCUT2D eigenvalue weighted by molar-refractivity contribution is 0.436. The molecule has 0 bridgehead atoms. The molecular formula is C48H66O3. The molecule has 51 heavy (non-hydrogen) atoms. The molecule has 0 heterocycles. The van der Waals surface area contributed by atoms with Crippen LogP contribution in [0.3, 0.4) is 0 Å². The molecule has 0 atom stereocenters. The molecule has 0 saturated carbocycles. The summed E-state index contributed by atoms with van der Waals surface area (Å²) in [5.41, 5.74) is 7.05. The monoisotopic (exact) mass is 691 g/mol. The van der Waals surface area contributed by atoms with E-state index in [1.54, 1.807) is 0 Å². The number of aromatic hydroxyl groups is 3. The van der Waals surface area contributed by atoms with Crippen molar-refractivity contribution in [3.05, 3.63) is 89.5 Å². The third kappa shape index (κ3) is 12.2. The third-order valence-electron chi connectivity index (χ3n) is 10.6. The number of benzene rings is 4. The van der Waals surface area contributed by atoms with E-state index >= 15 is 0 Å². The fourth-order valence-electron chi connectivity index (χ4n) is 7.37. The Morgan fingerprint density at radius 1 is 0.294 bits per heavy atom. The van der Waals surface area contributed by atoms with Gasteiger partial charge in [-0.15, -0.1) is 0 Å². The maximum atomic E-state index is 11.9. The first-order valence-electron chi connectivity index (χ1n) is 20.6. The highest BCUT2D eigenvalue weighted by Crippen LogP contribution is 2.55. The van der Waals surface area contributed by atoms with Crippen LogP contribution in [0, 0.1) is 0 Å². The van der Waals surface area contributed by atoms with Crippen LogP contribution < -0.4 is 0 Å². The zero-order chi connectivity index (χ0) is 36.3. The molecular weight excluding hydrogens is 625 g/mol. The Morgan fingerprint density at radius 3 is 0.745 bits per heavy atom. The number of phenols is 3. The van der Waals surface area contributed by atoms with Crippen LogP contribution in [0.2, 0.25) is 0 Å². The molecule has 0 aliphatic carbocycles. The number of rotatable bonds is 24. The van der Waals surface area contributed by atoms with Gasteiger partial charge in [-0.1, -0.05) is 190 Å². The topological polar surface area (TPSA) is 60.7 Å². The maximum Gasteiger partial charge on any atom is 0.138 e. The van der Waals surface area contributed by atoms with Crippen molar-refractivity contribution < 1.29 is 15.3 Å². The predicted molar refractivity (Wildman–Crippen MR) is 219 cm³/mol. The molecule has 276 valence electrons. The average Bonchev–Trinajstić information content (AvgIpc) is 3.14. The van der Waals surface area contributed by atoms with Gasteiger partial charge in [0.25, 0.3) is 0 Å². The van der Waals surface area contributed by atoms with Gasteiger partial charge in [0, 0.05) is 0 Å². The van der Waals surface area contributed by atoms with Gasteiger partial charge in [0.2, 0.25) is 0 Å². The lowest BCUT2D eigenvalue weighted by Gasteiger charge is -2.20. The van der Waals surface area contributed by atoms with Gasteiger partial charge >= 0.3 is 0 Å². The number of unbranched alkanes of at least 4 members (excludes halogenated alkanes) is 15. The summed E-state index contributed by atoms with van der Waals surface area (Å²) >= 11 is 0. The molecule has 0 radical (unpaired) electrons. The first-order chi connectivity index (χ1) is 25.0. The van der Waals surface area contributed by atoms with Crippen LogP contribution in [0.15, 0.2) is 72.8 Å². The minimum atomic E-state index is -0.0965. The molecule has 4 rings (SSSR count). The molecule has 4 aromatic carbocycles. The van der Waals surface area contributed by atoms with Crippen molar-refractivity contribution in [3.63, 3.8) is 0 Å². The zero-order valence-electron chi connectivity index (χ0n) is 32.1. The van der Waals surface area contributed by atoms with Crippen LogP contribution in [0.25, 0.3) is 33.4 Å².